The third kappa shape index (κ3) is 33.2. The summed E-state index contributed by atoms with van der Waals surface area (Å²) in [5, 5.41) is 10.8. The highest BCUT2D eigenvalue weighted by Gasteiger charge is 2.40. The lowest BCUT2D eigenvalue weighted by molar-refractivity contribution is 0.0701. The maximum Gasteiger partial charge on any atom is 0.500 e. The van der Waals surface area contributed by atoms with Crippen molar-refractivity contribution < 1.29 is 58.9 Å². The van der Waals surface area contributed by atoms with Gasteiger partial charge in [0.1, 0.15) is 0 Å². The standard InChI is InChI=1S/C15H36NO6PSi.C9H23NO3Si.C6H13O3P.C2H6O/c1-6-18-23(17,19-7-2)14-13-16-12-11-15-24(20-8-3,21-9-4)22-10-5;1-4-11-14(12-5-2,13-6-3)9-7-8-10;1-4-8-10(7,6-3)9-5-2;1-2-3/h16H,6-15H2,1-5H3;4-10H2,1-3H3;6H,3-5H2,1-2H3;3H,2H2,1H3. The van der Waals surface area contributed by atoms with Crippen molar-refractivity contribution in [1.29, 1.82) is 0 Å². The molecule has 15 nitrogen and oxygen atoms in total. The van der Waals surface area contributed by atoms with Crippen molar-refractivity contribution >= 4 is 32.8 Å². The molecule has 0 atom stereocenters. The fraction of sp³-hybridized carbons (Fsp3) is 0.938. The van der Waals surface area contributed by atoms with Crippen LogP contribution in [0.1, 0.15) is 89.0 Å². The van der Waals surface area contributed by atoms with Crippen LogP contribution >= 0.6 is 15.2 Å². The molecule has 0 fully saturated rings. The Labute approximate surface area is 314 Å². The highest BCUT2D eigenvalue weighted by molar-refractivity contribution is 7.57. The summed E-state index contributed by atoms with van der Waals surface area (Å²) in [7, 11) is -10.9. The van der Waals surface area contributed by atoms with Crippen molar-refractivity contribution in [2.24, 2.45) is 5.73 Å². The van der Waals surface area contributed by atoms with Gasteiger partial charge in [0.05, 0.1) is 32.6 Å². The lowest BCUT2D eigenvalue weighted by atomic mass is 10.5. The predicted octanol–water partition coefficient (Wildman–Crippen LogP) is 7.06. The van der Waals surface area contributed by atoms with Crippen molar-refractivity contribution in [3.05, 3.63) is 12.4 Å². The van der Waals surface area contributed by atoms with Crippen LogP contribution in [0.2, 0.25) is 12.1 Å². The molecule has 0 aromatic carbocycles. The van der Waals surface area contributed by atoms with Gasteiger partial charge in [0.25, 0.3) is 0 Å². The molecule has 51 heavy (non-hydrogen) atoms. The molecule has 0 heterocycles. The normalized spacial score (nSPS) is 11.9. The third-order valence-electron chi connectivity index (χ3n) is 5.76. The van der Waals surface area contributed by atoms with Crippen molar-refractivity contribution in [3.8, 4) is 0 Å². The molecule has 0 aromatic heterocycles. The van der Waals surface area contributed by atoms with Crippen molar-refractivity contribution in [1.82, 2.24) is 5.32 Å². The molecular weight excluding hydrogens is 738 g/mol. The van der Waals surface area contributed by atoms with Gasteiger partial charge in [-0.25, -0.2) is 0 Å². The van der Waals surface area contributed by atoms with Gasteiger partial charge in [-0.2, -0.15) is 0 Å². The largest absolute Gasteiger partial charge is 0.500 e. The minimum atomic E-state index is -2.96. The summed E-state index contributed by atoms with van der Waals surface area (Å²) in [6.07, 6.45) is 2.14. The number of hydrogen-bond donors (Lipinski definition) is 3. The maximum absolute atomic E-state index is 12.3. The monoisotopic (exact) mass is 816 g/mol. The molecule has 0 aliphatic heterocycles. The Kier molecular flexibility index (Phi) is 45.1. The summed E-state index contributed by atoms with van der Waals surface area (Å²) >= 11 is 0. The van der Waals surface area contributed by atoms with E-state index in [0.29, 0.717) is 85.3 Å². The van der Waals surface area contributed by atoms with Crippen molar-refractivity contribution in [3.63, 3.8) is 0 Å². The van der Waals surface area contributed by atoms with Crippen LogP contribution in [0.3, 0.4) is 0 Å². The average molecular weight is 817 g/mol. The van der Waals surface area contributed by atoms with Crippen LogP contribution in [0.25, 0.3) is 0 Å². The smallest absolute Gasteiger partial charge is 0.397 e. The summed E-state index contributed by atoms with van der Waals surface area (Å²) in [6.45, 7) is 31.4. The summed E-state index contributed by atoms with van der Waals surface area (Å²) in [4.78, 5) is 0. The van der Waals surface area contributed by atoms with E-state index in [0.717, 1.165) is 31.5 Å². The first kappa shape index (κ1) is 57.8. The van der Waals surface area contributed by atoms with E-state index in [1.165, 1.54) is 5.82 Å². The molecule has 0 bridgehead atoms. The van der Waals surface area contributed by atoms with Crippen LogP contribution in [0.15, 0.2) is 12.4 Å². The molecule has 0 unspecified atom stereocenters. The Hall–Kier alpha value is 0.114. The second-order valence-corrected chi connectivity index (χ2v) is 19.4. The number of nitrogens with one attached hydrogen (secondary N) is 1. The Morgan fingerprint density at radius 2 is 0.922 bits per heavy atom. The number of hydrogen-bond acceptors (Lipinski definition) is 15. The van der Waals surface area contributed by atoms with Gasteiger partial charge in [-0.1, -0.05) is 6.58 Å². The second kappa shape index (κ2) is 39.8. The minimum absolute atomic E-state index is 0.250. The van der Waals surface area contributed by atoms with E-state index >= 15 is 0 Å². The van der Waals surface area contributed by atoms with E-state index in [2.05, 4.69) is 11.9 Å². The first-order valence-electron chi connectivity index (χ1n) is 18.6. The second-order valence-electron chi connectivity index (χ2n) is 9.75. The van der Waals surface area contributed by atoms with Gasteiger partial charge in [0.2, 0.25) is 0 Å². The van der Waals surface area contributed by atoms with Gasteiger partial charge in [0.15, 0.2) is 0 Å². The molecule has 0 aliphatic carbocycles. The molecule has 0 aromatic rings. The lowest BCUT2D eigenvalue weighted by Gasteiger charge is -2.28. The third-order valence-corrected chi connectivity index (χ3v) is 15.8. The zero-order valence-corrected chi connectivity index (χ0v) is 37.8. The summed E-state index contributed by atoms with van der Waals surface area (Å²) in [5.41, 5.74) is 5.48. The Morgan fingerprint density at radius 3 is 1.20 bits per heavy atom. The first-order chi connectivity index (χ1) is 24.3. The van der Waals surface area contributed by atoms with Gasteiger partial charge >= 0.3 is 32.8 Å². The molecule has 19 heteroatoms. The summed E-state index contributed by atoms with van der Waals surface area (Å²) < 4.78 is 78.2. The molecule has 4 N–H and O–H groups in total. The number of aliphatic hydroxyl groups is 1. The Balaban J connectivity index is -0.000000344. The molecule has 0 spiro atoms. The zero-order valence-electron chi connectivity index (χ0n) is 34.0. The van der Waals surface area contributed by atoms with E-state index in [4.69, 9.17) is 55.5 Å². The molecule has 0 saturated carbocycles. The van der Waals surface area contributed by atoms with Crippen LogP contribution in [-0.2, 0) is 53.8 Å². The zero-order chi connectivity index (χ0) is 39.9. The summed E-state index contributed by atoms with van der Waals surface area (Å²) in [5.74, 6) is 1.22. The van der Waals surface area contributed by atoms with E-state index in [-0.39, 0.29) is 6.61 Å². The Morgan fingerprint density at radius 1 is 0.588 bits per heavy atom. The molecule has 0 rings (SSSR count). The molecule has 0 saturated heterocycles. The quantitative estimate of drug-likeness (QED) is 0.0367. The topological polar surface area (TPSA) is 185 Å². The van der Waals surface area contributed by atoms with Crippen LogP contribution in [-0.4, -0.2) is 121 Å². The lowest BCUT2D eigenvalue weighted by Crippen LogP contribution is -2.46. The van der Waals surface area contributed by atoms with Crippen molar-refractivity contribution in [2.75, 3.05) is 98.5 Å². The fourth-order valence-electron chi connectivity index (χ4n) is 4.15. The van der Waals surface area contributed by atoms with Crippen LogP contribution < -0.4 is 11.1 Å². The van der Waals surface area contributed by atoms with Gasteiger partial charge in [0, 0.05) is 70.7 Å². The predicted molar refractivity (Wildman–Crippen MR) is 212 cm³/mol. The van der Waals surface area contributed by atoms with Crippen LogP contribution in [0.5, 0.6) is 0 Å². The van der Waals surface area contributed by atoms with Gasteiger partial charge in [-0.3, -0.25) is 9.13 Å². The Bertz CT molecular complexity index is 786. The molecule has 0 radical (unpaired) electrons. The van der Waals surface area contributed by atoms with E-state index < -0.39 is 32.8 Å². The SMILES string of the molecule is C=CP(=O)(OCC)OCC.CCO.CCO[Si](CCCN)(OCC)OCC.CCO[Si](CCCNCCP(=O)(OCC)OCC)(OCC)OCC. The number of rotatable bonds is 31. The van der Waals surface area contributed by atoms with E-state index in [1.54, 1.807) is 20.8 Å². The molecule has 0 aliphatic rings. The maximum atomic E-state index is 12.3. The number of aliphatic hydroxyl groups excluding tert-OH is 1. The number of nitrogens with two attached hydrogens (primary N) is 1. The molecule has 0 amide bonds. The first-order valence-corrected chi connectivity index (χ1v) is 25.8. The highest BCUT2D eigenvalue weighted by atomic mass is 31.2. The highest BCUT2D eigenvalue weighted by Crippen LogP contribution is 2.49. The van der Waals surface area contributed by atoms with Crippen LogP contribution in [0.4, 0.5) is 0 Å². The summed E-state index contributed by atoms with van der Waals surface area (Å²) in [6, 6.07) is 1.59. The van der Waals surface area contributed by atoms with Gasteiger partial charge < -0.3 is 60.8 Å². The fourth-order valence-corrected chi connectivity index (χ4v) is 12.0. The molecular formula is C32H78N2O13P2Si2. The molecule has 312 valence electrons. The van der Waals surface area contributed by atoms with Crippen LogP contribution in [0, 0.1) is 0 Å². The minimum Gasteiger partial charge on any atom is -0.397 e. The van der Waals surface area contributed by atoms with Crippen molar-refractivity contribution in [2.45, 2.75) is 101 Å². The average Bonchev–Trinajstić information content (AvgIpc) is 3.08. The van der Waals surface area contributed by atoms with Gasteiger partial charge in [-0.05, 0) is 102 Å². The van der Waals surface area contributed by atoms with Gasteiger partial charge in [-0.15, -0.1) is 0 Å². The van der Waals surface area contributed by atoms with E-state index in [9.17, 15) is 9.13 Å². The van der Waals surface area contributed by atoms with E-state index in [1.807, 2.05) is 55.4 Å².